The lowest BCUT2D eigenvalue weighted by molar-refractivity contribution is 0.00578. The van der Waals surface area contributed by atoms with Crippen molar-refractivity contribution in [3.05, 3.63) is 35.3 Å². The lowest BCUT2D eigenvalue weighted by atomic mass is 9.87. The third-order valence-corrected chi connectivity index (χ3v) is 3.78. The van der Waals surface area contributed by atoms with E-state index in [0.29, 0.717) is 0 Å². The van der Waals surface area contributed by atoms with Gasteiger partial charge in [-0.3, -0.25) is 0 Å². The van der Waals surface area contributed by atoms with Crippen molar-refractivity contribution in [2.45, 2.75) is 45.3 Å². The van der Waals surface area contributed by atoms with Crippen LogP contribution >= 0.6 is 0 Å². The molecular formula is C14H17BF3NO2. The first-order valence-corrected chi connectivity index (χ1v) is 6.60. The molecule has 0 bridgehead atoms. The molecule has 0 N–H and O–H groups in total. The van der Waals surface area contributed by atoms with E-state index in [-0.39, 0.29) is 5.69 Å². The van der Waals surface area contributed by atoms with Gasteiger partial charge in [-0.15, -0.1) is 0 Å². The number of hydrogen-bond acceptors (Lipinski definition) is 3. The van der Waals surface area contributed by atoms with Crippen LogP contribution in [0.3, 0.4) is 0 Å². The molecule has 2 rings (SSSR count). The van der Waals surface area contributed by atoms with Crippen LogP contribution in [0.2, 0.25) is 0 Å². The van der Waals surface area contributed by atoms with Crippen LogP contribution in [0.5, 0.6) is 0 Å². The third-order valence-electron chi connectivity index (χ3n) is 3.78. The van der Waals surface area contributed by atoms with Gasteiger partial charge in [0, 0.05) is 0 Å². The molecule has 3 nitrogen and oxygen atoms in total. The Balaban J connectivity index is 2.21. The van der Waals surface area contributed by atoms with Gasteiger partial charge < -0.3 is 9.31 Å². The highest BCUT2D eigenvalue weighted by Crippen LogP contribution is 2.39. The molecule has 1 aliphatic heterocycles. The van der Waals surface area contributed by atoms with E-state index < -0.39 is 36.2 Å². The maximum atomic E-state index is 14.2. The molecular weight excluding hydrogens is 282 g/mol. The number of nitrogens with zero attached hydrogens (tertiary/aromatic N) is 1. The van der Waals surface area contributed by atoms with Gasteiger partial charge in [0.2, 0.25) is 0 Å². The molecule has 0 spiro atoms. The summed E-state index contributed by atoms with van der Waals surface area (Å²) in [6.07, 6.45) is -1.65. The predicted octanol–water partition coefficient (Wildman–Crippen LogP) is 3.96. The average Bonchev–Trinajstić information content (AvgIpc) is 2.59. The second-order valence-corrected chi connectivity index (χ2v) is 5.91. The van der Waals surface area contributed by atoms with Crippen molar-refractivity contribution < 1.29 is 22.5 Å². The molecule has 0 atom stereocenters. The molecule has 1 aromatic rings. The molecule has 0 radical (unpaired) electrons. The predicted molar refractivity (Wildman–Crippen MR) is 74.4 cm³/mol. The maximum Gasteiger partial charge on any atom is 0.525 e. The number of hydrogen-bond donors (Lipinski definition) is 0. The third kappa shape index (κ3) is 3.29. The van der Waals surface area contributed by atoms with Crippen LogP contribution in [-0.4, -0.2) is 23.3 Å². The van der Waals surface area contributed by atoms with Crippen molar-refractivity contribution in [2.24, 2.45) is 0 Å². The summed E-state index contributed by atoms with van der Waals surface area (Å²) in [5.41, 5.74) is -2.33. The average molecular weight is 299 g/mol. The minimum atomic E-state index is -2.70. The maximum absolute atomic E-state index is 14.2. The highest BCUT2D eigenvalue weighted by atomic mass is 19.3. The summed E-state index contributed by atoms with van der Waals surface area (Å²) in [6, 6.07) is 4.03. The molecule has 0 saturated carbocycles. The summed E-state index contributed by atoms with van der Waals surface area (Å²) in [4.78, 5) is 3.68. The molecule has 0 unspecified atom stereocenters. The molecule has 114 valence electrons. The van der Waals surface area contributed by atoms with E-state index >= 15 is 0 Å². The first kappa shape index (κ1) is 16.0. The summed E-state index contributed by atoms with van der Waals surface area (Å²) in [5.74, 6) is 0. The Hall–Kier alpha value is -1.34. The highest BCUT2D eigenvalue weighted by molar-refractivity contribution is 6.54. The minimum Gasteiger partial charge on any atom is -0.398 e. The van der Waals surface area contributed by atoms with Crippen LogP contribution in [0.1, 0.15) is 45.5 Å². The fourth-order valence-electron chi connectivity index (χ4n) is 1.84. The van der Waals surface area contributed by atoms with E-state index in [1.165, 1.54) is 18.2 Å². The number of rotatable bonds is 3. The molecule has 2 heterocycles. The van der Waals surface area contributed by atoms with Gasteiger partial charge in [0.25, 0.3) is 6.43 Å². The van der Waals surface area contributed by atoms with Crippen LogP contribution < -0.4 is 0 Å². The molecule has 0 amide bonds. The number of pyridine rings is 1. The van der Waals surface area contributed by atoms with E-state index in [2.05, 4.69) is 4.98 Å². The topological polar surface area (TPSA) is 31.4 Å². The highest BCUT2D eigenvalue weighted by Gasteiger charge is 2.53. The molecule has 1 aliphatic rings. The SMILES string of the molecule is CC1(C)OB(C(F)=Cc2cccc(C(F)F)n2)OC1(C)C. The zero-order valence-electron chi connectivity index (χ0n) is 12.4. The van der Waals surface area contributed by atoms with Gasteiger partial charge in [-0.2, -0.15) is 0 Å². The van der Waals surface area contributed by atoms with Crippen molar-refractivity contribution in [1.82, 2.24) is 4.98 Å². The quantitative estimate of drug-likeness (QED) is 0.792. The van der Waals surface area contributed by atoms with Crippen molar-refractivity contribution in [3.63, 3.8) is 0 Å². The van der Waals surface area contributed by atoms with Crippen LogP contribution in [0, 0.1) is 0 Å². The van der Waals surface area contributed by atoms with Gasteiger partial charge in [-0.25, -0.2) is 18.2 Å². The Morgan fingerprint density at radius 3 is 2.29 bits per heavy atom. The zero-order chi connectivity index (χ0) is 15.8. The van der Waals surface area contributed by atoms with E-state index in [1.54, 1.807) is 27.7 Å². The first-order valence-electron chi connectivity index (χ1n) is 6.60. The van der Waals surface area contributed by atoms with Gasteiger partial charge in [0.05, 0.1) is 16.9 Å². The summed E-state index contributed by atoms with van der Waals surface area (Å²) >= 11 is 0. The Kier molecular flexibility index (Phi) is 4.17. The van der Waals surface area contributed by atoms with Gasteiger partial charge in [0.15, 0.2) is 0 Å². The van der Waals surface area contributed by atoms with Crippen molar-refractivity contribution in [3.8, 4) is 0 Å². The van der Waals surface area contributed by atoms with Crippen LogP contribution in [0.25, 0.3) is 6.08 Å². The van der Waals surface area contributed by atoms with Gasteiger partial charge in [0.1, 0.15) is 11.4 Å². The van der Waals surface area contributed by atoms with Crippen molar-refractivity contribution in [2.75, 3.05) is 0 Å². The molecule has 7 heteroatoms. The number of aromatic nitrogens is 1. The standard InChI is InChI=1S/C14H17BF3NO2/c1-13(2)14(3,4)21-15(20-13)11(16)8-9-6-5-7-10(19-9)12(17)18/h5-8,12H,1-4H3. The van der Waals surface area contributed by atoms with Crippen molar-refractivity contribution >= 4 is 13.2 Å². The summed E-state index contributed by atoms with van der Waals surface area (Å²) in [7, 11) is -1.16. The van der Waals surface area contributed by atoms with Crippen LogP contribution in [-0.2, 0) is 9.31 Å². The summed E-state index contributed by atoms with van der Waals surface area (Å²) < 4.78 is 50.4. The number of alkyl halides is 2. The molecule has 1 saturated heterocycles. The Labute approximate surface area is 122 Å². The van der Waals surface area contributed by atoms with E-state index in [9.17, 15) is 13.2 Å². The van der Waals surface area contributed by atoms with Crippen LogP contribution in [0.15, 0.2) is 23.9 Å². The minimum absolute atomic E-state index is 0.0972. The monoisotopic (exact) mass is 299 g/mol. The van der Waals surface area contributed by atoms with Gasteiger partial charge >= 0.3 is 7.12 Å². The van der Waals surface area contributed by atoms with Crippen LogP contribution in [0.4, 0.5) is 13.2 Å². The molecule has 0 aromatic carbocycles. The fraction of sp³-hybridized carbons (Fsp3) is 0.500. The zero-order valence-corrected chi connectivity index (χ0v) is 12.4. The Morgan fingerprint density at radius 1 is 1.19 bits per heavy atom. The fourth-order valence-corrected chi connectivity index (χ4v) is 1.84. The number of halogens is 3. The normalized spacial score (nSPS) is 21.1. The van der Waals surface area contributed by atoms with Gasteiger partial charge in [-0.05, 0) is 45.9 Å². The van der Waals surface area contributed by atoms with E-state index in [1.807, 2.05) is 0 Å². The van der Waals surface area contributed by atoms with Gasteiger partial charge in [-0.1, -0.05) is 6.07 Å². The Bertz CT molecular complexity index is 545. The lowest BCUT2D eigenvalue weighted by Crippen LogP contribution is -2.41. The summed E-state index contributed by atoms with van der Waals surface area (Å²) in [6.45, 7) is 7.21. The second kappa shape index (κ2) is 5.46. The first-order chi connectivity index (χ1) is 9.62. The van der Waals surface area contributed by atoms with E-state index in [4.69, 9.17) is 9.31 Å². The second-order valence-electron chi connectivity index (χ2n) is 5.91. The van der Waals surface area contributed by atoms with Crippen molar-refractivity contribution in [1.29, 1.82) is 0 Å². The Morgan fingerprint density at radius 2 is 1.76 bits per heavy atom. The molecule has 21 heavy (non-hydrogen) atoms. The smallest absolute Gasteiger partial charge is 0.398 e. The summed E-state index contributed by atoms with van der Waals surface area (Å²) in [5, 5.41) is 0. The molecule has 0 aliphatic carbocycles. The lowest BCUT2D eigenvalue weighted by Gasteiger charge is -2.32. The largest absolute Gasteiger partial charge is 0.525 e. The molecule has 1 fully saturated rings. The van der Waals surface area contributed by atoms with E-state index in [0.717, 1.165) is 6.08 Å². The molecule has 1 aromatic heterocycles.